The van der Waals surface area contributed by atoms with E-state index in [4.69, 9.17) is 5.73 Å². The Bertz CT molecular complexity index is 174. The van der Waals surface area contributed by atoms with Crippen LogP contribution >= 0.6 is 0 Å². The van der Waals surface area contributed by atoms with E-state index >= 15 is 0 Å². The van der Waals surface area contributed by atoms with Crippen LogP contribution in [0.25, 0.3) is 0 Å². The van der Waals surface area contributed by atoms with Crippen LogP contribution in [-0.4, -0.2) is 5.91 Å². The molecule has 2 nitrogen and oxygen atoms in total. The molecule has 1 aliphatic carbocycles. The summed E-state index contributed by atoms with van der Waals surface area (Å²) >= 11 is 0. The minimum Gasteiger partial charge on any atom is -0.366 e. The predicted molar refractivity (Wildman–Crippen MR) is 44.9 cm³/mol. The summed E-state index contributed by atoms with van der Waals surface area (Å²) in [5, 5.41) is 0. The average molecular weight is 153 g/mol. The molecule has 1 rings (SSSR count). The van der Waals surface area contributed by atoms with Crippen molar-refractivity contribution in [3.05, 3.63) is 11.6 Å². The first-order chi connectivity index (χ1) is 5.18. The zero-order chi connectivity index (χ0) is 8.27. The highest BCUT2D eigenvalue weighted by Crippen LogP contribution is 2.27. The summed E-state index contributed by atoms with van der Waals surface area (Å²) in [6, 6.07) is 0. The molecule has 0 aromatic carbocycles. The van der Waals surface area contributed by atoms with Gasteiger partial charge in [0.05, 0.1) is 0 Å². The highest BCUT2D eigenvalue weighted by molar-refractivity contribution is 5.86. The van der Waals surface area contributed by atoms with E-state index in [1.54, 1.807) is 6.08 Å². The van der Waals surface area contributed by atoms with Crippen LogP contribution < -0.4 is 5.73 Å². The molecule has 1 fully saturated rings. The van der Waals surface area contributed by atoms with Crippen molar-refractivity contribution in [3.63, 3.8) is 0 Å². The van der Waals surface area contributed by atoms with Gasteiger partial charge in [0.2, 0.25) is 5.91 Å². The van der Waals surface area contributed by atoms with Crippen molar-refractivity contribution >= 4 is 5.91 Å². The molecule has 0 unspecified atom stereocenters. The zero-order valence-electron chi connectivity index (χ0n) is 6.97. The van der Waals surface area contributed by atoms with Crippen LogP contribution in [0.4, 0.5) is 0 Å². The number of carbonyl (C=O) groups is 1. The molecule has 0 bridgehead atoms. The SMILES string of the molecule is CC1CCC(=CC(N)=O)CC1. The zero-order valence-corrected chi connectivity index (χ0v) is 6.97. The van der Waals surface area contributed by atoms with Gasteiger partial charge in [0.1, 0.15) is 0 Å². The summed E-state index contributed by atoms with van der Waals surface area (Å²) in [5.41, 5.74) is 6.27. The number of primary amides is 1. The lowest BCUT2D eigenvalue weighted by Crippen LogP contribution is -2.10. The van der Waals surface area contributed by atoms with Gasteiger partial charge in [0.25, 0.3) is 0 Å². The quantitative estimate of drug-likeness (QED) is 0.571. The van der Waals surface area contributed by atoms with Gasteiger partial charge >= 0.3 is 0 Å². The van der Waals surface area contributed by atoms with Gasteiger partial charge < -0.3 is 5.73 Å². The third-order valence-corrected chi connectivity index (χ3v) is 2.26. The Kier molecular flexibility index (Phi) is 2.69. The molecule has 0 aromatic heterocycles. The van der Waals surface area contributed by atoms with E-state index in [1.807, 2.05) is 0 Å². The fourth-order valence-corrected chi connectivity index (χ4v) is 1.48. The number of nitrogens with two attached hydrogens (primary N) is 1. The second kappa shape index (κ2) is 3.56. The standard InChI is InChI=1S/C9H15NO/c1-7-2-4-8(5-3-7)6-9(10)11/h6-7H,2-5H2,1H3,(H2,10,11). The van der Waals surface area contributed by atoms with Crippen LogP contribution in [-0.2, 0) is 4.79 Å². The van der Waals surface area contributed by atoms with E-state index in [0.29, 0.717) is 0 Å². The summed E-state index contributed by atoms with van der Waals surface area (Å²) in [4.78, 5) is 10.5. The first-order valence-electron chi connectivity index (χ1n) is 4.17. The van der Waals surface area contributed by atoms with Gasteiger partial charge in [0, 0.05) is 6.08 Å². The van der Waals surface area contributed by atoms with Crippen molar-refractivity contribution in [2.24, 2.45) is 11.7 Å². The number of hydrogen-bond acceptors (Lipinski definition) is 1. The monoisotopic (exact) mass is 153 g/mol. The number of hydrogen-bond donors (Lipinski definition) is 1. The number of amides is 1. The van der Waals surface area contributed by atoms with Crippen LogP contribution in [0.5, 0.6) is 0 Å². The van der Waals surface area contributed by atoms with E-state index in [2.05, 4.69) is 6.92 Å². The Labute approximate surface area is 67.5 Å². The molecule has 1 saturated carbocycles. The van der Waals surface area contributed by atoms with Crippen molar-refractivity contribution in [1.29, 1.82) is 0 Å². The first kappa shape index (κ1) is 8.31. The molecule has 62 valence electrons. The Morgan fingerprint density at radius 3 is 2.55 bits per heavy atom. The molecule has 0 saturated heterocycles. The average Bonchev–Trinajstić information content (AvgIpc) is 1.93. The van der Waals surface area contributed by atoms with Gasteiger partial charge in [-0.2, -0.15) is 0 Å². The third-order valence-electron chi connectivity index (χ3n) is 2.26. The van der Waals surface area contributed by atoms with Crippen LogP contribution in [0.3, 0.4) is 0 Å². The lowest BCUT2D eigenvalue weighted by atomic mass is 9.87. The highest BCUT2D eigenvalue weighted by atomic mass is 16.1. The Balaban J connectivity index is 2.45. The van der Waals surface area contributed by atoms with Gasteiger partial charge in [-0.15, -0.1) is 0 Å². The molecule has 0 radical (unpaired) electrons. The molecule has 1 amide bonds. The first-order valence-corrected chi connectivity index (χ1v) is 4.17. The van der Waals surface area contributed by atoms with Gasteiger partial charge in [-0.3, -0.25) is 4.79 Å². The lowest BCUT2D eigenvalue weighted by Gasteiger charge is -2.19. The minimum atomic E-state index is -0.297. The molecular formula is C9H15NO. The Hall–Kier alpha value is -0.790. The molecule has 0 aromatic rings. The maximum Gasteiger partial charge on any atom is 0.241 e. The molecule has 11 heavy (non-hydrogen) atoms. The maximum absolute atomic E-state index is 10.5. The van der Waals surface area contributed by atoms with Gasteiger partial charge in [-0.05, 0) is 31.6 Å². The largest absolute Gasteiger partial charge is 0.366 e. The molecule has 0 heterocycles. The summed E-state index contributed by atoms with van der Waals surface area (Å²) in [7, 11) is 0. The smallest absolute Gasteiger partial charge is 0.241 e. The lowest BCUT2D eigenvalue weighted by molar-refractivity contribution is -0.113. The van der Waals surface area contributed by atoms with Crippen LogP contribution in [0.2, 0.25) is 0 Å². The van der Waals surface area contributed by atoms with Gasteiger partial charge in [-0.1, -0.05) is 12.5 Å². The minimum absolute atomic E-state index is 0.297. The van der Waals surface area contributed by atoms with E-state index in [1.165, 1.54) is 18.4 Å². The van der Waals surface area contributed by atoms with Gasteiger partial charge in [-0.25, -0.2) is 0 Å². The van der Waals surface area contributed by atoms with Crippen molar-refractivity contribution in [1.82, 2.24) is 0 Å². The Morgan fingerprint density at radius 2 is 2.09 bits per heavy atom. The van der Waals surface area contributed by atoms with Crippen molar-refractivity contribution in [2.75, 3.05) is 0 Å². The molecule has 0 aliphatic heterocycles. The second-order valence-electron chi connectivity index (χ2n) is 3.39. The predicted octanol–water partition coefficient (Wildman–Crippen LogP) is 1.61. The normalized spacial score (nSPS) is 24.8. The highest BCUT2D eigenvalue weighted by Gasteiger charge is 2.12. The van der Waals surface area contributed by atoms with E-state index in [0.717, 1.165) is 18.8 Å². The van der Waals surface area contributed by atoms with Crippen LogP contribution in [0, 0.1) is 5.92 Å². The number of rotatable bonds is 1. The fourth-order valence-electron chi connectivity index (χ4n) is 1.48. The fraction of sp³-hybridized carbons (Fsp3) is 0.667. The van der Waals surface area contributed by atoms with E-state index in [9.17, 15) is 4.79 Å². The number of carbonyl (C=O) groups excluding carboxylic acids is 1. The molecule has 1 aliphatic rings. The topological polar surface area (TPSA) is 43.1 Å². The van der Waals surface area contributed by atoms with E-state index < -0.39 is 0 Å². The second-order valence-corrected chi connectivity index (χ2v) is 3.39. The summed E-state index contributed by atoms with van der Waals surface area (Å²) in [6.07, 6.45) is 6.12. The Morgan fingerprint density at radius 1 is 1.55 bits per heavy atom. The summed E-state index contributed by atoms with van der Waals surface area (Å²) < 4.78 is 0. The van der Waals surface area contributed by atoms with Crippen molar-refractivity contribution in [3.8, 4) is 0 Å². The summed E-state index contributed by atoms with van der Waals surface area (Å²) in [5.74, 6) is 0.523. The van der Waals surface area contributed by atoms with Crippen LogP contribution in [0.15, 0.2) is 11.6 Å². The molecule has 2 N–H and O–H groups in total. The van der Waals surface area contributed by atoms with Crippen molar-refractivity contribution < 1.29 is 4.79 Å². The molecule has 0 atom stereocenters. The molecule has 2 heteroatoms. The maximum atomic E-state index is 10.5. The van der Waals surface area contributed by atoms with E-state index in [-0.39, 0.29) is 5.91 Å². The molecule has 0 spiro atoms. The third kappa shape index (κ3) is 2.74. The summed E-state index contributed by atoms with van der Waals surface area (Å²) in [6.45, 7) is 2.25. The van der Waals surface area contributed by atoms with Crippen molar-refractivity contribution in [2.45, 2.75) is 32.6 Å². The van der Waals surface area contributed by atoms with Gasteiger partial charge in [0.15, 0.2) is 0 Å². The number of allylic oxidation sites excluding steroid dienone is 1. The van der Waals surface area contributed by atoms with Crippen LogP contribution in [0.1, 0.15) is 32.6 Å². The molecular weight excluding hydrogens is 138 g/mol.